The van der Waals surface area contributed by atoms with Crippen molar-refractivity contribution in [3.05, 3.63) is 0 Å². The largest absolute Gasteiger partial charge is 0.378 e. The molecule has 5 nitrogen and oxygen atoms in total. The number of morpholine rings is 1. The van der Waals surface area contributed by atoms with E-state index in [2.05, 4.69) is 11.4 Å². The van der Waals surface area contributed by atoms with Crippen LogP contribution in [0.5, 0.6) is 0 Å². The maximum atomic E-state index is 11.7. The average Bonchev–Trinajstić information content (AvgIpc) is 2.28. The van der Waals surface area contributed by atoms with Crippen LogP contribution in [-0.4, -0.2) is 49.2 Å². The Morgan fingerprint density at radius 3 is 3.13 bits per heavy atom. The highest BCUT2D eigenvalue weighted by molar-refractivity contribution is 5.82. The minimum Gasteiger partial charge on any atom is -0.378 e. The van der Waals surface area contributed by atoms with E-state index in [0.717, 1.165) is 0 Å². The molecular weight excluding hydrogens is 194 g/mol. The molecule has 0 aromatic heterocycles. The van der Waals surface area contributed by atoms with Crippen LogP contribution >= 0.6 is 0 Å². The highest BCUT2D eigenvalue weighted by Gasteiger charge is 2.32. The van der Waals surface area contributed by atoms with Gasteiger partial charge in [0.1, 0.15) is 6.04 Å². The standard InChI is InChI=1S/C10H17N3O2/c1-3-12-10(14)9-7-15-5-4-13(9)8(2)6-11/h8-9H,3-5,7H2,1-2H3,(H,12,14). The molecule has 1 heterocycles. The molecule has 1 saturated heterocycles. The van der Waals surface area contributed by atoms with E-state index in [0.29, 0.717) is 26.3 Å². The summed E-state index contributed by atoms with van der Waals surface area (Å²) >= 11 is 0. The van der Waals surface area contributed by atoms with Gasteiger partial charge in [0.05, 0.1) is 25.3 Å². The summed E-state index contributed by atoms with van der Waals surface area (Å²) < 4.78 is 5.26. The number of carbonyl (C=O) groups is 1. The highest BCUT2D eigenvalue weighted by atomic mass is 16.5. The van der Waals surface area contributed by atoms with Crippen molar-refractivity contribution in [1.29, 1.82) is 5.26 Å². The van der Waals surface area contributed by atoms with Crippen LogP contribution in [0.25, 0.3) is 0 Å². The quantitative estimate of drug-likeness (QED) is 0.698. The lowest BCUT2D eigenvalue weighted by Gasteiger charge is -2.35. The van der Waals surface area contributed by atoms with Crippen molar-refractivity contribution in [3.63, 3.8) is 0 Å². The molecule has 1 N–H and O–H groups in total. The summed E-state index contributed by atoms with van der Waals surface area (Å²) in [5.74, 6) is -0.0562. The molecule has 2 unspecified atom stereocenters. The summed E-state index contributed by atoms with van der Waals surface area (Å²) in [6.07, 6.45) is 0. The summed E-state index contributed by atoms with van der Waals surface area (Å²) in [5, 5.41) is 11.6. The van der Waals surface area contributed by atoms with Gasteiger partial charge in [0.2, 0.25) is 5.91 Å². The summed E-state index contributed by atoms with van der Waals surface area (Å²) in [5.41, 5.74) is 0. The van der Waals surface area contributed by atoms with Gasteiger partial charge in [0.15, 0.2) is 0 Å². The second-order valence-electron chi connectivity index (χ2n) is 3.53. The molecule has 0 aromatic carbocycles. The summed E-state index contributed by atoms with van der Waals surface area (Å²) in [7, 11) is 0. The molecule has 0 saturated carbocycles. The fraction of sp³-hybridized carbons (Fsp3) is 0.800. The number of hydrogen-bond donors (Lipinski definition) is 1. The molecule has 1 aliphatic rings. The molecule has 15 heavy (non-hydrogen) atoms. The predicted molar refractivity (Wildman–Crippen MR) is 55.1 cm³/mol. The second-order valence-corrected chi connectivity index (χ2v) is 3.53. The van der Waals surface area contributed by atoms with Crippen molar-refractivity contribution in [2.24, 2.45) is 0 Å². The van der Waals surface area contributed by atoms with Crippen LogP contribution in [0.2, 0.25) is 0 Å². The van der Waals surface area contributed by atoms with Crippen molar-refractivity contribution >= 4 is 5.91 Å². The number of nitrogens with zero attached hydrogens (tertiary/aromatic N) is 2. The first-order valence-corrected chi connectivity index (χ1v) is 5.21. The molecule has 0 aliphatic carbocycles. The maximum absolute atomic E-state index is 11.7. The van der Waals surface area contributed by atoms with Gasteiger partial charge in [-0.25, -0.2) is 0 Å². The van der Waals surface area contributed by atoms with Gasteiger partial charge in [-0.05, 0) is 13.8 Å². The van der Waals surface area contributed by atoms with E-state index in [1.54, 1.807) is 6.92 Å². The van der Waals surface area contributed by atoms with Crippen molar-refractivity contribution < 1.29 is 9.53 Å². The predicted octanol–water partition coefficient (Wildman–Crippen LogP) is -0.265. The van der Waals surface area contributed by atoms with Gasteiger partial charge in [-0.2, -0.15) is 5.26 Å². The lowest BCUT2D eigenvalue weighted by Crippen LogP contribution is -2.56. The number of likely N-dealkylation sites (N-methyl/N-ethyl adjacent to an activating group) is 1. The SMILES string of the molecule is CCNC(=O)C1COCCN1C(C)C#N. The van der Waals surface area contributed by atoms with Crippen LogP contribution in [0, 0.1) is 11.3 Å². The normalized spacial score (nSPS) is 24.2. The molecule has 0 spiro atoms. The monoisotopic (exact) mass is 211 g/mol. The third-order valence-electron chi connectivity index (χ3n) is 2.51. The van der Waals surface area contributed by atoms with Crippen LogP contribution in [0.3, 0.4) is 0 Å². The molecule has 1 amide bonds. The Morgan fingerprint density at radius 1 is 1.80 bits per heavy atom. The third kappa shape index (κ3) is 2.91. The Hall–Kier alpha value is -1.12. The van der Waals surface area contributed by atoms with E-state index < -0.39 is 0 Å². The van der Waals surface area contributed by atoms with Gasteiger partial charge in [-0.3, -0.25) is 9.69 Å². The van der Waals surface area contributed by atoms with Crippen LogP contribution in [-0.2, 0) is 9.53 Å². The van der Waals surface area contributed by atoms with E-state index in [1.165, 1.54) is 0 Å². The number of nitriles is 1. The fourth-order valence-corrected chi connectivity index (χ4v) is 1.67. The Balaban J connectivity index is 2.65. The first kappa shape index (κ1) is 12.0. The van der Waals surface area contributed by atoms with E-state index in [9.17, 15) is 4.79 Å². The molecule has 84 valence electrons. The lowest BCUT2D eigenvalue weighted by molar-refractivity contribution is -0.133. The Bertz CT molecular complexity index is 262. The summed E-state index contributed by atoms with van der Waals surface area (Å²) in [4.78, 5) is 13.6. The molecule has 0 bridgehead atoms. The summed E-state index contributed by atoms with van der Waals surface area (Å²) in [6, 6.07) is 1.58. The zero-order valence-corrected chi connectivity index (χ0v) is 9.19. The van der Waals surface area contributed by atoms with Crippen LogP contribution < -0.4 is 5.32 Å². The van der Waals surface area contributed by atoms with Gasteiger partial charge in [-0.1, -0.05) is 0 Å². The number of rotatable bonds is 3. The minimum atomic E-state index is -0.326. The van der Waals surface area contributed by atoms with Crippen LogP contribution in [0.4, 0.5) is 0 Å². The van der Waals surface area contributed by atoms with Crippen LogP contribution in [0.15, 0.2) is 0 Å². The zero-order chi connectivity index (χ0) is 11.3. The number of nitrogens with one attached hydrogen (secondary N) is 1. The molecule has 1 rings (SSSR count). The highest BCUT2D eigenvalue weighted by Crippen LogP contribution is 2.10. The fourth-order valence-electron chi connectivity index (χ4n) is 1.67. The van der Waals surface area contributed by atoms with Crippen LogP contribution in [0.1, 0.15) is 13.8 Å². The van der Waals surface area contributed by atoms with Crippen molar-refractivity contribution in [3.8, 4) is 6.07 Å². The van der Waals surface area contributed by atoms with E-state index in [1.807, 2.05) is 11.8 Å². The van der Waals surface area contributed by atoms with E-state index in [4.69, 9.17) is 10.00 Å². The summed E-state index contributed by atoms with van der Waals surface area (Å²) in [6.45, 7) is 5.87. The molecule has 1 fully saturated rings. The maximum Gasteiger partial charge on any atom is 0.239 e. The van der Waals surface area contributed by atoms with E-state index >= 15 is 0 Å². The van der Waals surface area contributed by atoms with Gasteiger partial charge in [0.25, 0.3) is 0 Å². The molecular formula is C10H17N3O2. The smallest absolute Gasteiger partial charge is 0.239 e. The number of hydrogen-bond acceptors (Lipinski definition) is 4. The minimum absolute atomic E-state index is 0.0562. The molecule has 0 aromatic rings. The Labute approximate surface area is 90.0 Å². The van der Waals surface area contributed by atoms with Gasteiger partial charge >= 0.3 is 0 Å². The lowest BCUT2D eigenvalue weighted by atomic mass is 10.1. The molecule has 2 atom stereocenters. The second kappa shape index (κ2) is 5.69. The first-order chi connectivity index (χ1) is 7.20. The Kier molecular flexibility index (Phi) is 4.53. The van der Waals surface area contributed by atoms with Gasteiger partial charge in [-0.15, -0.1) is 0 Å². The van der Waals surface area contributed by atoms with Crippen molar-refractivity contribution in [2.45, 2.75) is 25.9 Å². The number of ether oxygens (including phenoxy) is 1. The van der Waals surface area contributed by atoms with Gasteiger partial charge in [0, 0.05) is 13.1 Å². The first-order valence-electron chi connectivity index (χ1n) is 5.21. The topological polar surface area (TPSA) is 65.4 Å². The van der Waals surface area contributed by atoms with Crippen molar-refractivity contribution in [1.82, 2.24) is 10.2 Å². The Morgan fingerprint density at radius 2 is 2.53 bits per heavy atom. The third-order valence-corrected chi connectivity index (χ3v) is 2.51. The number of amides is 1. The van der Waals surface area contributed by atoms with Gasteiger partial charge < -0.3 is 10.1 Å². The molecule has 1 aliphatic heterocycles. The molecule has 5 heteroatoms. The molecule has 0 radical (unpaired) electrons. The zero-order valence-electron chi connectivity index (χ0n) is 9.19. The van der Waals surface area contributed by atoms with Crippen molar-refractivity contribution in [2.75, 3.05) is 26.3 Å². The number of carbonyl (C=O) groups excluding carboxylic acids is 1. The van der Waals surface area contributed by atoms with E-state index in [-0.39, 0.29) is 18.0 Å². The average molecular weight is 211 g/mol.